The monoisotopic (exact) mass is 501 g/mol. The number of rotatable bonds is 7. The van der Waals surface area contributed by atoms with Gasteiger partial charge in [-0.05, 0) is 11.1 Å². The number of amides is 2. The van der Waals surface area contributed by atoms with Gasteiger partial charge in [-0.1, -0.05) is 65.8 Å². The van der Waals surface area contributed by atoms with Gasteiger partial charge in [-0.3, -0.25) is 14.1 Å². The molecule has 1 fully saturated rings. The fourth-order valence-corrected chi connectivity index (χ4v) is 5.55. The first-order valence-electron chi connectivity index (χ1n) is 9.77. The van der Waals surface area contributed by atoms with Crippen LogP contribution in [0.3, 0.4) is 0 Å². The van der Waals surface area contributed by atoms with E-state index in [1.54, 1.807) is 60.7 Å². The minimum atomic E-state index is -5.02. The molecule has 13 heteroatoms. The molecule has 1 aromatic heterocycles. The van der Waals surface area contributed by atoms with Crippen molar-refractivity contribution < 1.29 is 27.4 Å². The molecule has 2 aromatic carbocycles. The van der Waals surface area contributed by atoms with Crippen LogP contribution in [0.2, 0.25) is 0 Å². The molecule has 1 aliphatic rings. The van der Waals surface area contributed by atoms with Crippen molar-refractivity contribution in [1.29, 1.82) is 0 Å². The molecule has 0 spiro atoms. The molecule has 0 radical (unpaired) electrons. The summed E-state index contributed by atoms with van der Waals surface area (Å²) in [5, 5.41) is 7.94. The SMILES string of the molecule is CO/N=C(\C(=O)NC1C(=O)N(S(=O)(=O)O)C1(c1ccccc1)c1ccccc1)c1csc(N)n1. The summed E-state index contributed by atoms with van der Waals surface area (Å²) < 4.78 is 35.1. The summed E-state index contributed by atoms with van der Waals surface area (Å²) in [7, 11) is -3.78. The first-order chi connectivity index (χ1) is 16.2. The Kier molecular flexibility index (Phi) is 6.08. The molecule has 34 heavy (non-hydrogen) atoms. The Labute approximate surface area is 198 Å². The van der Waals surface area contributed by atoms with Gasteiger partial charge < -0.3 is 15.9 Å². The number of hydrogen-bond donors (Lipinski definition) is 3. The Morgan fingerprint density at radius 2 is 1.74 bits per heavy atom. The van der Waals surface area contributed by atoms with E-state index in [9.17, 15) is 22.6 Å². The normalized spacial score (nSPS) is 17.7. The number of anilines is 1. The number of β-lactam (4-membered cyclic amide) rings is 1. The Morgan fingerprint density at radius 3 is 2.18 bits per heavy atom. The molecule has 0 aliphatic carbocycles. The van der Waals surface area contributed by atoms with E-state index in [1.165, 1.54) is 12.5 Å². The number of carbonyl (C=O) groups excluding carboxylic acids is 2. The number of hydrogen-bond acceptors (Lipinski definition) is 9. The zero-order valence-electron chi connectivity index (χ0n) is 17.7. The lowest BCUT2D eigenvalue weighted by atomic mass is 9.70. The van der Waals surface area contributed by atoms with E-state index in [1.807, 2.05) is 0 Å². The van der Waals surface area contributed by atoms with Crippen LogP contribution < -0.4 is 11.1 Å². The van der Waals surface area contributed by atoms with E-state index in [0.717, 1.165) is 11.3 Å². The smallest absolute Gasteiger partial charge is 0.363 e. The molecule has 1 saturated heterocycles. The fourth-order valence-electron chi connectivity index (χ4n) is 3.99. The van der Waals surface area contributed by atoms with Crippen molar-refractivity contribution in [1.82, 2.24) is 14.6 Å². The van der Waals surface area contributed by atoms with Crippen molar-refractivity contribution in [2.45, 2.75) is 11.6 Å². The summed E-state index contributed by atoms with van der Waals surface area (Å²) in [4.78, 5) is 35.1. The summed E-state index contributed by atoms with van der Waals surface area (Å²) in [5.74, 6) is -1.88. The molecule has 3 aromatic rings. The van der Waals surface area contributed by atoms with Crippen LogP contribution in [-0.4, -0.2) is 52.9 Å². The molecule has 2 heterocycles. The summed E-state index contributed by atoms with van der Waals surface area (Å²) in [5.41, 5.74) is 4.46. The van der Waals surface area contributed by atoms with Gasteiger partial charge in [-0.15, -0.1) is 11.3 Å². The van der Waals surface area contributed by atoms with Gasteiger partial charge in [0.25, 0.3) is 11.8 Å². The fraction of sp³-hybridized carbons (Fsp3) is 0.143. The van der Waals surface area contributed by atoms with E-state index in [4.69, 9.17) is 10.6 Å². The number of nitrogen functional groups attached to an aromatic ring is 1. The third-order valence-corrected chi connectivity index (χ3v) is 6.88. The maximum absolute atomic E-state index is 13.2. The molecule has 4 rings (SSSR count). The van der Waals surface area contributed by atoms with Crippen LogP contribution in [-0.2, 0) is 30.3 Å². The average molecular weight is 502 g/mol. The van der Waals surface area contributed by atoms with Gasteiger partial charge in [0.05, 0.1) is 0 Å². The Balaban J connectivity index is 1.86. The van der Waals surface area contributed by atoms with Crippen molar-refractivity contribution in [3.05, 3.63) is 82.9 Å². The number of thiazole rings is 1. The minimum absolute atomic E-state index is 0.116. The van der Waals surface area contributed by atoms with E-state index in [-0.39, 0.29) is 16.5 Å². The predicted octanol–water partition coefficient (Wildman–Crippen LogP) is 1.15. The number of carbonyl (C=O) groups is 2. The van der Waals surface area contributed by atoms with Crippen molar-refractivity contribution in [2.24, 2.45) is 5.16 Å². The standard InChI is InChI=1S/C21H19N5O6S2/c1-32-25-16(15-12-33-20(22)23-15)18(27)24-17-19(28)26(34(29,30)31)21(17,13-8-4-2-5-9-13)14-10-6-3-7-11-14/h2-12,17H,1H3,(H2,22,23)(H,24,27)(H,29,30,31)/b25-16-. The number of benzene rings is 2. The van der Waals surface area contributed by atoms with E-state index < -0.39 is 33.7 Å². The zero-order valence-corrected chi connectivity index (χ0v) is 19.3. The second kappa shape index (κ2) is 8.85. The van der Waals surface area contributed by atoms with Gasteiger partial charge in [-0.25, -0.2) is 4.98 Å². The van der Waals surface area contributed by atoms with Gasteiger partial charge in [0.15, 0.2) is 10.8 Å². The second-order valence-corrected chi connectivity index (χ2v) is 9.33. The highest BCUT2D eigenvalue weighted by Gasteiger charge is 2.67. The van der Waals surface area contributed by atoms with Crippen molar-refractivity contribution in [3.8, 4) is 0 Å². The maximum atomic E-state index is 13.2. The van der Waals surface area contributed by atoms with Crippen LogP contribution in [0.4, 0.5) is 5.13 Å². The molecule has 1 aliphatic heterocycles. The summed E-state index contributed by atoms with van der Waals surface area (Å²) >= 11 is 1.08. The molecule has 1 unspecified atom stereocenters. The molecule has 11 nitrogen and oxygen atoms in total. The quantitative estimate of drug-likeness (QED) is 0.188. The van der Waals surface area contributed by atoms with Gasteiger partial charge in [0, 0.05) is 5.38 Å². The first-order valence-corrected chi connectivity index (χ1v) is 12.0. The zero-order chi connectivity index (χ0) is 24.5. The lowest BCUT2D eigenvalue weighted by Crippen LogP contribution is -2.78. The largest absolute Gasteiger partial charge is 0.398 e. The van der Waals surface area contributed by atoms with Gasteiger partial charge in [0.2, 0.25) is 0 Å². The predicted molar refractivity (Wildman–Crippen MR) is 124 cm³/mol. The number of oxime groups is 1. The second-order valence-electron chi connectivity index (χ2n) is 7.18. The Morgan fingerprint density at radius 1 is 1.18 bits per heavy atom. The molecular formula is C21H19N5O6S2. The lowest BCUT2D eigenvalue weighted by molar-refractivity contribution is -0.151. The summed E-state index contributed by atoms with van der Waals surface area (Å²) in [6, 6.07) is 15.0. The molecule has 4 N–H and O–H groups in total. The minimum Gasteiger partial charge on any atom is -0.398 e. The van der Waals surface area contributed by atoms with Crippen molar-refractivity contribution >= 4 is 44.3 Å². The van der Waals surface area contributed by atoms with E-state index in [2.05, 4.69) is 15.5 Å². The van der Waals surface area contributed by atoms with Crippen LogP contribution in [0.1, 0.15) is 16.8 Å². The van der Waals surface area contributed by atoms with E-state index >= 15 is 0 Å². The average Bonchev–Trinajstić information content (AvgIpc) is 3.24. The summed E-state index contributed by atoms with van der Waals surface area (Å²) in [6.07, 6.45) is 0. The third-order valence-electron chi connectivity index (χ3n) is 5.28. The van der Waals surface area contributed by atoms with Crippen LogP contribution in [0.5, 0.6) is 0 Å². The van der Waals surface area contributed by atoms with Crippen molar-refractivity contribution in [3.63, 3.8) is 0 Å². The molecular weight excluding hydrogens is 482 g/mol. The third kappa shape index (κ3) is 3.79. The van der Waals surface area contributed by atoms with Gasteiger partial charge in [-0.2, -0.15) is 12.7 Å². The van der Waals surface area contributed by atoms with Crippen LogP contribution in [0.25, 0.3) is 0 Å². The molecule has 0 bridgehead atoms. The number of nitrogens with one attached hydrogen (secondary N) is 1. The highest BCUT2D eigenvalue weighted by Crippen LogP contribution is 2.48. The van der Waals surface area contributed by atoms with Gasteiger partial charge >= 0.3 is 10.3 Å². The number of aromatic nitrogens is 1. The highest BCUT2D eigenvalue weighted by molar-refractivity contribution is 7.84. The first kappa shape index (κ1) is 23.4. The van der Waals surface area contributed by atoms with E-state index in [0.29, 0.717) is 15.4 Å². The van der Waals surface area contributed by atoms with Crippen LogP contribution >= 0.6 is 11.3 Å². The highest BCUT2D eigenvalue weighted by atomic mass is 32.2. The maximum Gasteiger partial charge on any atom is 0.363 e. The molecule has 2 amide bonds. The molecule has 176 valence electrons. The summed E-state index contributed by atoms with van der Waals surface area (Å²) in [6.45, 7) is 0. The van der Waals surface area contributed by atoms with Crippen molar-refractivity contribution in [2.75, 3.05) is 12.8 Å². The number of nitrogens with zero attached hydrogens (tertiary/aromatic N) is 3. The molecule has 1 atom stereocenters. The van der Waals surface area contributed by atoms with Crippen LogP contribution in [0, 0.1) is 0 Å². The van der Waals surface area contributed by atoms with Gasteiger partial charge in [0.1, 0.15) is 24.4 Å². The topological polar surface area (TPSA) is 164 Å². The molecule has 0 saturated carbocycles. The number of nitrogens with two attached hydrogens (primary N) is 1. The Bertz CT molecular complexity index is 1320. The Hall–Kier alpha value is -3.81. The van der Waals surface area contributed by atoms with Crippen LogP contribution in [0.15, 0.2) is 71.2 Å². The lowest BCUT2D eigenvalue weighted by Gasteiger charge is -2.55.